The fraction of sp³-hybridized carbons (Fsp3) is 0.136. The van der Waals surface area contributed by atoms with E-state index >= 15 is 0 Å². The van der Waals surface area contributed by atoms with Crippen LogP contribution in [-0.2, 0) is 4.79 Å². The Hall–Kier alpha value is -4.05. The van der Waals surface area contributed by atoms with Crippen molar-refractivity contribution in [3.63, 3.8) is 0 Å². The summed E-state index contributed by atoms with van der Waals surface area (Å²) in [5.74, 6) is 0.439. The van der Waals surface area contributed by atoms with Gasteiger partial charge >= 0.3 is 5.63 Å². The number of ketones is 1. The number of carbonyl (C=O) groups excluding carboxylic acids is 1. The largest absolute Gasteiger partial charge is 0.485 e. The van der Waals surface area contributed by atoms with Crippen molar-refractivity contribution in [2.24, 2.45) is 0 Å². The van der Waals surface area contributed by atoms with Gasteiger partial charge in [-0.25, -0.2) is 4.79 Å². The number of ether oxygens (including phenoxy) is 1. The SMILES string of the molecule is CN1C(=C(C#N)C(=O)COc2ccc3ccc(=O)oc3c2)N(C)c2ccccc21. The van der Waals surface area contributed by atoms with Crippen LogP contribution in [-0.4, -0.2) is 26.5 Å². The fourth-order valence-corrected chi connectivity index (χ4v) is 3.41. The Morgan fingerprint density at radius 2 is 1.72 bits per heavy atom. The Kier molecular flexibility index (Phi) is 4.53. The van der Waals surface area contributed by atoms with Crippen molar-refractivity contribution < 1.29 is 13.9 Å². The molecule has 0 spiro atoms. The number of benzene rings is 2. The Morgan fingerprint density at radius 1 is 1.07 bits per heavy atom. The van der Waals surface area contributed by atoms with E-state index in [4.69, 9.17) is 9.15 Å². The van der Waals surface area contributed by atoms with Crippen LogP contribution >= 0.6 is 0 Å². The molecular formula is C22H17N3O4. The highest BCUT2D eigenvalue weighted by atomic mass is 16.5. The van der Waals surface area contributed by atoms with Crippen molar-refractivity contribution in [3.05, 3.63) is 76.4 Å². The quantitative estimate of drug-likeness (QED) is 0.386. The zero-order chi connectivity index (χ0) is 20.5. The van der Waals surface area contributed by atoms with Crippen LogP contribution in [0.3, 0.4) is 0 Å². The van der Waals surface area contributed by atoms with Crippen molar-refractivity contribution in [1.29, 1.82) is 5.26 Å². The minimum absolute atomic E-state index is 0.0125. The lowest BCUT2D eigenvalue weighted by Gasteiger charge is -2.20. The number of hydrogen-bond acceptors (Lipinski definition) is 7. The predicted octanol–water partition coefficient (Wildman–Crippen LogP) is 3.06. The molecule has 0 radical (unpaired) electrons. The first-order chi connectivity index (χ1) is 14.0. The van der Waals surface area contributed by atoms with E-state index in [1.807, 2.05) is 54.2 Å². The maximum atomic E-state index is 12.8. The molecule has 1 aromatic heterocycles. The van der Waals surface area contributed by atoms with Gasteiger partial charge in [-0.2, -0.15) is 5.26 Å². The van der Waals surface area contributed by atoms with Crippen molar-refractivity contribution in [3.8, 4) is 11.8 Å². The first-order valence-corrected chi connectivity index (χ1v) is 8.90. The van der Waals surface area contributed by atoms with Gasteiger partial charge in [0.15, 0.2) is 6.61 Å². The Morgan fingerprint density at radius 3 is 2.38 bits per heavy atom. The van der Waals surface area contributed by atoms with Crippen molar-refractivity contribution in [1.82, 2.24) is 0 Å². The van der Waals surface area contributed by atoms with Crippen molar-refractivity contribution >= 4 is 28.1 Å². The summed E-state index contributed by atoms with van der Waals surface area (Å²) in [6.45, 7) is -0.313. The molecule has 2 heterocycles. The van der Waals surface area contributed by atoms with Crippen LogP contribution in [0.1, 0.15) is 0 Å². The van der Waals surface area contributed by atoms with Crippen LogP contribution < -0.4 is 20.2 Å². The number of anilines is 2. The van der Waals surface area contributed by atoms with Gasteiger partial charge in [0.2, 0.25) is 5.78 Å². The third-order valence-electron chi connectivity index (χ3n) is 4.82. The molecule has 0 unspecified atom stereocenters. The molecule has 1 aliphatic rings. The number of carbonyl (C=O) groups is 1. The van der Waals surface area contributed by atoms with Crippen LogP contribution in [0.25, 0.3) is 11.0 Å². The van der Waals surface area contributed by atoms with E-state index in [1.54, 1.807) is 24.3 Å². The lowest BCUT2D eigenvalue weighted by atomic mass is 10.2. The minimum Gasteiger partial charge on any atom is -0.485 e. The molecule has 144 valence electrons. The molecule has 0 fully saturated rings. The molecule has 0 saturated heterocycles. The summed E-state index contributed by atoms with van der Waals surface area (Å²) in [6, 6.07) is 17.6. The molecule has 0 bridgehead atoms. The van der Waals surface area contributed by atoms with Gasteiger partial charge in [-0.15, -0.1) is 0 Å². The molecule has 4 rings (SSSR count). The van der Waals surface area contributed by atoms with E-state index < -0.39 is 11.4 Å². The highest BCUT2D eigenvalue weighted by Crippen LogP contribution is 2.40. The summed E-state index contributed by atoms with van der Waals surface area (Å²) in [6.07, 6.45) is 0. The molecule has 0 aliphatic carbocycles. The molecule has 0 amide bonds. The molecule has 7 heteroatoms. The van der Waals surface area contributed by atoms with Crippen LogP contribution in [0.15, 0.2) is 75.2 Å². The fourth-order valence-electron chi connectivity index (χ4n) is 3.41. The first kappa shape index (κ1) is 18.3. The van der Waals surface area contributed by atoms with E-state index in [1.165, 1.54) is 6.07 Å². The normalized spacial score (nSPS) is 12.7. The number of Topliss-reactive ketones (excluding diaryl/α,β-unsaturated/α-hetero) is 1. The maximum Gasteiger partial charge on any atom is 0.336 e. The number of rotatable bonds is 4. The van der Waals surface area contributed by atoms with Crippen LogP contribution in [0.4, 0.5) is 11.4 Å². The van der Waals surface area contributed by atoms with Crippen LogP contribution in [0.5, 0.6) is 5.75 Å². The predicted molar refractivity (Wildman–Crippen MR) is 109 cm³/mol. The van der Waals surface area contributed by atoms with Gasteiger partial charge in [0.05, 0.1) is 11.4 Å². The molecule has 7 nitrogen and oxygen atoms in total. The van der Waals surface area contributed by atoms with Crippen LogP contribution in [0, 0.1) is 11.3 Å². The Bertz CT molecular complexity index is 1220. The Labute approximate surface area is 166 Å². The molecule has 2 aromatic carbocycles. The van der Waals surface area contributed by atoms with Gasteiger partial charge < -0.3 is 19.0 Å². The highest BCUT2D eigenvalue weighted by Gasteiger charge is 2.31. The van der Waals surface area contributed by atoms with E-state index in [-0.39, 0.29) is 12.2 Å². The average Bonchev–Trinajstić information content (AvgIpc) is 2.98. The van der Waals surface area contributed by atoms with E-state index in [0.29, 0.717) is 17.2 Å². The second-order valence-electron chi connectivity index (χ2n) is 6.58. The zero-order valence-electron chi connectivity index (χ0n) is 15.9. The lowest BCUT2D eigenvalue weighted by molar-refractivity contribution is -0.117. The second kappa shape index (κ2) is 7.17. The summed E-state index contributed by atoms with van der Waals surface area (Å²) in [5, 5.41) is 10.4. The standard InChI is InChI=1S/C22H17N3O4/c1-24-17-5-3-4-6-18(17)25(2)22(24)16(12-23)19(26)13-28-15-9-7-14-8-10-21(27)29-20(14)11-15/h3-11H,13H2,1-2H3. The van der Waals surface area contributed by atoms with Gasteiger partial charge in [0.25, 0.3) is 0 Å². The van der Waals surface area contributed by atoms with Gasteiger partial charge in [-0.3, -0.25) is 4.79 Å². The smallest absolute Gasteiger partial charge is 0.336 e. The molecule has 0 saturated carbocycles. The van der Waals surface area contributed by atoms with E-state index in [0.717, 1.165) is 16.8 Å². The topological polar surface area (TPSA) is 86.8 Å². The number of nitriles is 1. The summed E-state index contributed by atoms with van der Waals surface area (Å²) in [7, 11) is 3.63. The zero-order valence-corrected chi connectivity index (χ0v) is 15.9. The van der Waals surface area contributed by atoms with Gasteiger partial charge in [-0.05, 0) is 30.3 Å². The van der Waals surface area contributed by atoms with Crippen molar-refractivity contribution in [2.75, 3.05) is 30.5 Å². The van der Waals surface area contributed by atoms with E-state index in [2.05, 4.69) is 0 Å². The summed E-state index contributed by atoms with van der Waals surface area (Å²) in [5.41, 5.74) is 1.74. The summed E-state index contributed by atoms with van der Waals surface area (Å²) >= 11 is 0. The van der Waals surface area contributed by atoms with Crippen molar-refractivity contribution in [2.45, 2.75) is 0 Å². The third-order valence-corrected chi connectivity index (χ3v) is 4.82. The summed E-state index contributed by atoms with van der Waals surface area (Å²) < 4.78 is 10.7. The first-order valence-electron chi connectivity index (χ1n) is 8.90. The third kappa shape index (κ3) is 3.21. The number of hydrogen-bond donors (Lipinski definition) is 0. The molecule has 0 N–H and O–H groups in total. The van der Waals surface area contributed by atoms with Gasteiger partial charge in [-0.1, -0.05) is 12.1 Å². The molecule has 3 aromatic rings. The maximum absolute atomic E-state index is 12.8. The van der Waals surface area contributed by atoms with E-state index in [9.17, 15) is 14.9 Å². The monoisotopic (exact) mass is 387 g/mol. The summed E-state index contributed by atoms with van der Waals surface area (Å²) in [4.78, 5) is 27.8. The van der Waals surface area contributed by atoms with Crippen LogP contribution in [0.2, 0.25) is 0 Å². The molecule has 29 heavy (non-hydrogen) atoms. The minimum atomic E-state index is -0.464. The number of nitrogens with zero attached hydrogens (tertiary/aromatic N) is 3. The lowest BCUT2D eigenvalue weighted by Crippen LogP contribution is -2.27. The molecular weight excluding hydrogens is 370 g/mol. The van der Waals surface area contributed by atoms with Gasteiger partial charge in [0, 0.05) is 31.6 Å². The number of fused-ring (bicyclic) bond motifs is 2. The Balaban J connectivity index is 1.58. The molecule has 0 atom stereocenters. The average molecular weight is 387 g/mol. The second-order valence-corrected chi connectivity index (χ2v) is 6.58. The van der Waals surface area contributed by atoms with Gasteiger partial charge in [0.1, 0.15) is 28.8 Å². The highest BCUT2D eigenvalue weighted by molar-refractivity contribution is 6.03. The molecule has 1 aliphatic heterocycles. The number of para-hydroxylation sites is 2.